The second kappa shape index (κ2) is 9.57. The highest BCUT2D eigenvalue weighted by atomic mass is 16.5. The summed E-state index contributed by atoms with van der Waals surface area (Å²) in [6.45, 7) is 2.55. The predicted molar refractivity (Wildman–Crippen MR) is 121 cm³/mol. The van der Waals surface area contributed by atoms with Gasteiger partial charge in [-0.1, -0.05) is 24.3 Å². The number of primary amides is 1. The number of ether oxygens (including phenoxy) is 1. The van der Waals surface area contributed by atoms with Crippen LogP contribution in [-0.2, 0) is 11.3 Å². The zero-order valence-corrected chi connectivity index (χ0v) is 17.6. The minimum absolute atomic E-state index is 0.0345. The van der Waals surface area contributed by atoms with E-state index in [2.05, 4.69) is 32.3 Å². The molecule has 3 N–H and O–H groups in total. The second-order valence-electron chi connectivity index (χ2n) is 7.82. The minimum Gasteiger partial charge on any atom is -0.497 e. The number of likely N-dealkylation sites (tertiary alicyclic amines) is 1. The van der Waals surface area contributed by atoms with Crippen molar-refractivity contribution in [3.63, 3.8) is 0 Å². The number of methoxy groups -OCH3 is 1. The quantitative estimate of drug-likeness (QED) is 0.610. The number of carbonyl (C=O) groups is 1. The highest BCUT2D eigenvalue weighted by Crippen LogP contribution is 2.23. The van der Waals surface area contributed by atoms with Gasteiger partial charge in [0.15, 0.2) is 0 Å². The third-order valence-electron chi connectivity index (χ3n) is 5.60. The molecule has 31 heavy (non-hydrogen) atoms. The number of nitrogens with zero attached hydrogens (tertiary/aromatic N) is 3. The number of nitrogens with one attached hydrogen (secondary N) is 1. The summed E-state index contributed by atoms with van der Waals surface area (Å²) in [5, 5.41) is 3.24. The number of benzene rings is 2. The van der Waals surface area contributed by atoms with E-state index in [9.17, 15) is 4.79 Å². The van der Waals surface area contributed by atoms with Gasteiger partial charge in [-0.2, -0.15) is 0 Å². The maximum absolute atomic E-state index is 11.5. The standard InChI is InChI=1S/C24H27N5O2/c1-31-22-10-6-18(7-11-22)20-13-26-24(27-14-20)28-21-8-4-17(5-9-21)15-29-12-2-3-19(16-29)23(25)30/h4-11,13-14,19H,2-3,12,15-16H2,1H3,(H2,25,30)(H,26,27,28). The molecule has 1 aromatic heterocycles. The molecule has 1 amide bonds. The molecular formula is C24H27N5O2. The van der Waals surface area contributed by atoms with Crippen LogP contribution in [0.3, 0.4) is 0 Å². The van der Waals surface area contributed by atoms with Crippen LogP contribution in [0.15, 0.2) is 60.9 Å². The van der Waals surface area contributed by atoms with Gasteiger partial charge in [-0.15, -0.1) is 0 Å². The van der Waals surface area contributed by atoms with E-state index in [1.54, 1.807) is 19.5 Å². The summed E-state index contributed by atoms with van der Waals surface area (Å²) in [5.41, 5.74) is 9.58. The molecule has 3 aromatic rings. The van der Waals surface area contributed by atoms with Gasteiger partial charge in [0.05, 0.1) is 13.0 Å². The summed E-state index contributed by atoms with van der Waals surface area (Å²) in [5.74, 6) is 1.14. The number of nitrogens with two attached hydrogens (primary N) is 1. The van der Waals surface area contributed by atoms with Crippen LogP contribution in [0.25, 0.3) is 11.1 Å². The smallest absolute Gasteiger partial charge is 0.227 e. The van der Waals surface area contributed by atoms with Crippen LogP contribution in [0.5, 0.6) is 5.75 Å². The van der Waals surface area contributed by atoms with E-state index in [-0.39, 0.29) is 11.8 Å². The van der Waals surface area contributed by atoms with Crippen LogP contribution >= 0.6 is 0 Å². The number of rotatable bonds is 7. The molecule has 0 saturated carbocycles. The zero-order valence-electron chi connectivity index (χ0n) is 17.6. The lowest BCUT2D eigenvalue weighted by Crippen LogP contribution is -2.40. The average molecular weight is 418 g/mol. The lowest BCUT2D eigenvalue weighted by atomic mass is 9.97. The minimum atomic E-state index is -0.192. The third-order valence-corrected chi connectivity index (χ3v) is 5.60. The molecule has 7 heteroatoms. The SMILES string of the molecule is COc1ccc(-c2cnc(Nc3ccc(CN4CCCC(C(N)=O)C4)cc3)nc2)cc1. The third kappa shape index (κ3) is 5.38. The van der Waals surface area contributed by atoms with Crippen LogP contribution in [0.2, 0.25) is 0 Å². The second-order valence-corrected chi connectivity index (χ2v) is 7.82. The summed E-state index contributed by atoms with van der Waals surface area (Å²) in [7, 11) is 1.65. The molecule has 2 aromatic carbocycles. The lowest BCUT2D eigenvalue weighted by molar-refractivity contribution is -0.123. The van der Waals surface area contributed by atoms with Crippen molar-refractivity contribution in [2.45, 2.75) is 19.4 Å². The number of carbonyl (C=O) groups excluding carboxylic acids is 1. The molecule has 0 radical (unpaired) electrons. The largest absolute Gasteiger partial charge is 0.497 e. The molecule has 7 nitrogen and oxygen atoms in total. The Kier molecular flexibility index (Phi) is 6.43. The summed E-state index contributed by atoms with van der Waals surface area (Å²) in [6, 6.07) is 16.0. The van der Waals surface area contributed by atoms with E-state index in [1.165, 1.54) is 5.56 Å². The molecule has 4 rings (SSSR count). The Balaban J connectivity index is 1.34. The summed E-state index contributed by atoms with van der Waals surface area (Å²) in [4.78, 5) is 22.6. The molecule has 1 aliphatic heterocycles. The molecule has 1 saturated heterocycles. The fourth-order valence-corrected chi connectivity index (χ4v) is 3.84. The van der Waals surface area contributed by atoms with Crippen molar-refractivity contribution in [2.24, 2.45) is 11.7 Å². The zero-order chi connectivity index (χ0) is 21.6. The molecule has 2 heterocycles. The Bertz CT molecular complexity index is 1000. The molecule has 1 unspecified atom stereocenters. The van der Waals surface area contributed by atoms with Crippen molar-refractivity contribution in [1.82, 2.24) is 14.9 Å². The number of amides is 1. The van der Waals surface area contributed by atoms with Gasteiger partial charge in [0.1, 0.15) is 5.75 Å². The van der Waals surface area contributed by atoms with Gasteiger partial charge in [0.2, 0.25) is 11.9 Å². The number of anilines is 2. The Morgan fingerprint density at radius 2 is 1.81 bits per heavy atom. The molecular weight excluding hydrogens is 390 g/mol. The van der Waals surface area contributed by atoms with Crippen LogP contribution < -0.4 is 15.8 Å². The van der Waals surface area contributed by atoms with Gasteiger partial charge in [0, 0.05) is 36.7 Å². The molecule has 0 spiro atoms. The van der Waals surface area contributed by atoms with Crippen molar-refractivity contribution < 1.29 is 9.53 Å². The summed E-state index contributed by atoms with van der Waals surface area (Å²) in [6.07, 6.45) is 5.51. The molecule has 1 aliphatic rings. The van der Waals surface area contributed by atoms with Gasteiger partial charge < -0.3 is 15.8 Å². The van der Waals surface area contributed by atoms with E-state index >= 15 is 0 Å². The van der Waals surface area contributed by atoms with E-state index in [0.29, 0.717) is 5.95 Å². The highest BCUT2D eigenvalue weighted by molar-refractivity contribution is 5.77. The topological polar surface area (TPSA) is 93.4 Å². The average Bonchev–Trinajstić information content (AvgIpc) is 2.81. The first kappa shape index (κ1) is 20.8. The van der Waals surface area contributed by atoms with E-state index in [1.807, 2.05) is 36.4 Å². The Morgan fingerprint density at radius 1 is 1.10 bits per heavy atom. The monoisotopic (exact) mass is 417 g/mol. The van der Waals surface area contributed by atoms with Crippen LogP contribution in [0, 0.1) is 5.92 Å². The van der Waals surface area contributed by atoms with Gasteiger partial charge in [0.25, 0.3) is 0 Å². The molecule has 0 aliphatic carbocycles. The van der Waals surface area contributed by atoms with Gasteiger partial charge in [-0.25, -0.2) is 9.97 Å². The highest BCUT2D eigenvalue weighted by Gasteiger charge is 2.23. The predicted octanol–water partition coefficient (Wildman–Crippen LogP) is 3.59. The first-order valence-corrected chi connectivity index (χ1v) is 10.4. The lowest BCUT2D eigenvalue weighted by Gasteiger charge is -2.31. The fourth-order valence-electron chi connectivity index (χ4n) is 3.84. The van der Waals surface area contributed by atoms with Gasteiger partial charge in [-0.05, 0) is 54.8 Å². The van der Waals surface area contributed by atoms with Gasteiger partial charge in [-0.3, -0.25) is 9.69 Å². The first-order valence-electron chi connectivity index (χ1n) is 10.4. The number of piperidine rings is 1. The van der Waals surface area contributed by atoms with Crippen molar-refractivity contribution >= 4 is 17.5 Å². The Hall–Kier alpha value is -3.45. The Morgan fingerprint density at radius 3 is 2.45 bits per heavy atom. The first-order chi connectivity index (χ1) is 15.1. The number of hydrogen-bond acceptors (Lipinski definition) is 6. The van der Waals surface area contributed by atoms with Crippen LogP contribution in [-0.4, -0.2) is 41.0 Å². The van der Waals surface area contributed by atoms with Crippen molar-refractivity contribution in [3.05, 3.63) is 66.5 Å². The number of hydrogen-bond donors (Lipinski definition) is 2. The van der Waals surface area contributed by atoms with E-state index in [4.69, 9.17) is 10.5 Å². The van der Waals surface area contributed by atoms with Crippen LogP contribution in [0.1, 0.15) is 18.4 Å². The summed E-state index contributed by atoms with van der Waals surface area (Å²) >= 11 is 0. The Labute approximate surface area is 182 Å². The van der Waals surface area contributed by atoms with Crippen molar-refractivity contribution in [2.75, 3.05) is 25.5 Å². The maximum Gasteiger partial charge on any atom is 0.227 e. The maximum atomic E-state index is 11.5. The molecule has 1 atom stereocenters. The summed E-state index contributed by atoms with van der Waals surface area (Å²) < 4.78 is 5.19. The van der Waals surface area contributed by atoms with Crippen molar-refractivity contribution in [1.29, 1.82) is 0 Å². The van der Waals surface area contributed by atoms with Crippen LogP contribution in [0.4, 0.5) is 11.6 Å². The molecule has 160 valence electrons. The van der Waals surface area contributed by atoms with E-state index < -0.39 is 0 Å². The van der Waals surface area contributed by atoms with E-state index in [0.717, 1.165) is 55.0 Å². The van der Waals surface area contributed by atoms with Crippen molar-refractivity contribution in [3.8, 4) is 16.9 Å². The number of aromatic nitrogens is 2. The molecule has 1 fully saturated rings. The van der Waals surface area contributed by atoms with Gasteiger partial charge >= 0.3 is 0 Å². The molecule has 0 bridgehead atoms. The normalized spacial score (nSPS) is 16.6. The fraction of sp³-hybridized carbons (Fsp3) is 0.292.